The zero-order valence-electron chi connectivity index (χ0n) is 11.4. The molecule has 2 fully saturated rings. The molecule has 0 amide bonds. The van der Waals surface area contributed by atoms with Gasteiger partial charge in [-0.1, -0.05) is 0 Å². The maximum atomic E-state index is 8.63. The highest BCUT2D eigenvalue weighted by atomic mass is 16.5. The third kappa shape index (κ3) is 4.50. The summed E-state index contributed by atoms with van der Waals surface area (Å²) >= 11 is 0. The van der Waals surface area contributed by atoms with Gasteiger partial charge in [0.1, 0.15) is 0 Å². The summed E-state index contributed by atoms with van der Waals surface area (Å²) in [4.78, 5) is 2.49. The van der Waals surface area contributed by atoms with E-state index in [1.54, 1.807) is 0 Å². The number of aliphatic hydroxyl groups is 1. The monoisotopic (exact) mass is 257 g/mol. The van der Waals surface area contributed by atoms with E-state index in [-0.39, 0.29) is 6.61 Å². The van der Waals surface area contributed by atoms with Crippen LogP contribution >= 0.6 is 0 Å². The summed E-state index contributed by atoms with van der Waals surface area (Å²) in [6, 6.07) is 0. The lowest BCUT2D eigenvalue weighted by atomic mass is 9.80. The van der Waals surface area contributed by atoms with Gasteiger partial charge in [-0.2, -0.15) is 0 Å². The van der Waals surface area contributed by atoms with Crippen molar-refractivity contribution in [3.05, 3.63) is 0 Å². The number of nitrogens with zero attached hydrogens (tertiary/aromatic N) is 1. The van der Waals surface area contributed by atoms with E-state index in [4.69, 9.17) is 14.6 Å². The second kappa shape index (κ2) is 8.10. The van der Waals surface area contributed by atoms with Crippen LogP contribution in [0.2, 0.25) is 0 Å². The first-order chi connectivity index (χ1) is 8.90. The molecule has 2 rings (SSSR count). The van der Waals surface area contributed by atoms with Crippen LogP contribution in [-0.2, 0) is 9.47 Å². The third-order valence-electron chi connectivity index (χ3n) is 4.35. The Balaban J connectivity index is 1.58. The molecule has 106 valence electrons. The molecule has 0 bridgehead atoms. The lowest BCUT2D eigenvalue weighted by Crippen LogP contribution is -2.39. The van der Waals surface area contributed by atoms with E-state index in [0.29, 0.717) is 6.61 Å². The number of aliphatic hydroxyl groups excluding tert-OH is 1. The summed E-state index contributed by atoms with van der Waals surface area (Å²) in [6.45, 7) is 6.74. The Morgan fingerprint density at radius 3 is 2.33 bits per heavy atom. The number of rotatable bonds is 6. The summed E-state index contributed by atoms with van der Waals surface area (Å²) in [6.07, 6.45) is 5.21. The molecule has 2 heterocycles. The van der Waals surface area contributed by atoms with Gasteiger partial charge in [0, 0.05) is 19.8 Å². The van der Waals surface area contributed by atoms with Crippen LogP contribution in [0.25, 0.3) is 0 Å². The first-order valence-corrected chi connectivity index (χ1v) is 7.39. The highest BCUT2D eigenvalue weighted by Gasteiger charge is 2.27. The molecule has 0 aromatic heterocycles. The SMILES string of the molecule is OCCOCCN1CCC(C2CCOCC2)CC1. The Morgan fingerprint density at radius 2 is 1.67 bits per heavy atom. The molecule has 0 spiro atoms. The van der Waals surface area contributed by atoms with Crippen LogP contribution in [0.3, 0.4) is 0 Å². The first kappa shape index (κ1) is 14.3. The third-order valence-corrected chi connectivity index (χ3v) is 4.35. The molecular weight excluding hydrogens is 230 g/mol. The molecule has 18 heavy (non-hydrogen) atoms. The van der Waals surface area contributed by atoms with Crippen molar-refractivity contribution < 1.29 is 14.6 Å². The van der Waals surface area contributed by atoms with E-state index in [9.17, 15) is 0 Å². The number of hydrogen-bond acceptors (Lipinski definition) is 4. The first-order valence-electron chi connectivity index (χ1n) is 7.39. The van der Waals surface area contributed by atoms with Crippen molar-refractivity contribution in [2.24, 2.45) is 11.8 Å². The summed E-state index contributed by atoms with van der Waals surface area (Å²) in [5, 5.41) is 8.63. The van der Waals surface area contributed by atoms with Gasteiger partial charge < -0.3 is 19.5 Å². The maximum Gasteiger partial charge on any atom is 0.0698 e. The average molecular weight is 257 g/mol. The molecule has 2 aliphatic heterocycles. The van der Waals surface area contributed by atoms with Gasteiger partial charge in [0.15, 0.2) is 0 Å². The van der Waals surface area contributed by atoms with Gasteiger partial charge in [0.25, 0.3) is 0 Å². The van der Waals surface area contributed by atoms with Crippen molar-refractivity contribution >= 4 is 0 Å². The van der Waals surface area contributed by atoms with Crippen LogP contribution in [0.15, 0.2) is 0 Å². The molecule has 2 saturated heterocycles. The fourth-order valence-electron chi connectivity index (χ4n) is 3.20. The van der Waals surface area contributed by atoms with E-state index in [2.05, 4.69) is 4.90 Å². The molecule has 2 aliphatic rings. The molecular formula is C14H27NO3. The minimum Gasteiger partial charge on any atom is -0.394 e. The lowest BCUT2D eigenvalue weighted by Gasteiger charge is -2.37. The smallest absolute Gasteiger partial charge is 0.0698 e. The van der Waals surface area contributed by atoms with Gasteiger partial charge in [-0.25, -0.2) is 0 Å². The molecule has 0 aliphatic carbocycles. The molecule has 4 heteroatoms. The molecule has 0 saturated carbocycles. The Morgan fingerprint density at radius 1 is 1.00 bits per heavy atom. The maximum absolute atomic E-state index is 8.63. The minimum absolute atomic E-state index is 0.131. The predicted molar refractivity (Wildman–Crippen MR) is 70.6 cm³/mol. The van der Waals surface area contributed by atoms with Gasteiger partial charge in [-0.15, -0.1) is 0 Å². The van der Waals surface area contributed by atoms with Crippen LogP contribution in [0.4, 0.5) is 0 Å². The van der Waals surface area contributed by atoms with E-state index in [1.807, 2.05) is 0 Å². The number of piperidine rings is 1. The second-order valence-electron chi connectivity index (χ2n) is 5.46. The normalized spacial score (nSPS) is 24.5. The highest BCUT2D eigenvalue weighted by molar-refractivity contribution is 4.79. The Hall–Kier alpha value is -0.160. The van der Waals surface area contributed by atoms with Crippen LogP contribution < -0.4 is 0 Å². The largest absolute Gasteiger partial charge is 0.394 e. The van der Waals surface area contributed by atoms with Gasteiger partial charge in [-0.05, 0) is 50.6 Å². The topological polar surface area (TPSA) is 41.9 Å². The average Bonchev–Trinajstić information content (AvgIpc) is 2.45. The second-order valence-corrected chi connectivity index (χ2v) is 5.46. The number of hydrogen-bond donors (Lipinski definition) is 1. The van der Waals surface area contributed by atoms with Gasteiger partial charge in [0.05, 0.1) is 19.8 Å². The molecule has 0 aromatic carbocycles. The van der Waals surface area contributed by atoms with E-state index >= 15 is 0 Å². The fraction of sp³-hybridized carbons (Fsp3) is 1.00. The number of ether oxygens (including phenoxy) is 2. The molecule has 4 nitrogen and oxygen atoms in total. The van der Waals surface area contributed by atoms with E-state index in [1.165, 1.54) is 38.8 Å². The van der Waals surface area contributed by atoms with Gasteiger partial charge in [0.2, 0.25) is 0 Å². The fourth-order valence-corrected chi connectivity index (χ4v) is 3.20. The van der Waals surface area contributed by atoms with Crippen molar-refractivity contribution in [1.29, 1.82) is 0 Å². The molecule has 0 unspecified atom stereocenters. The molecule has 0 aromatic rings. The molecule has 1 N–H and O–H groups in total. The van der Waals surface area contributed by atoms with Crippen molar-refractivity contribution in [1.82, 2.24) is 4.90 Å². The van der Waals surface area contributed by atoms with Crippen LogP contribution in [0, 0.1) is 11.8 Å². The predicted octanol–water partition coefficient (Wildman–Crippen LogP) is 1.13. The quantitative estimate of drug-likeness (QED) is 0.724. The highest BCUT2D eigenvalue weighted by Crippen LogP contribution is 2.31. The Labute approximate surface area is 110 Å². The Bertz CT molecular complexity index is 211. The summed E-state index contributed by atoms with van der Waals surface area (Å²) < 4.78 is 10.8. The van der Waals surface area contributed by atoms with Crippen molar-refractivity contribution in [2.45, 2.75) is 25.7 Å². The van der Waals surface area contributed by atoms with Crippen molar-refractivity contribution in [3.63, 3.8) is 0 Å². The van der Waals surface area contributed by atoms with Gasteiger partial charge >= 0.3 is 0 Å². The summed E-state index contributed by atoms with van der Waals surface area (Å²) in [5.74, 6) is 1.83. The van der Waals surface area contributed by atoms with Crippen LogP contribution in [0.1, 0.15) is 25.7 Å². The van der Waals surface area contributed by atoms with Crippen LogP contribution in [0.5, 0.6) is 0 Å². The van der Waals surface area contributed by atoms with Crippen LogP contribution in [-0.4, -0.2) is 62.7 Å². The zero-order chi connectivity index (χ0) is 12.6. The van der Waals surface area contributed by atoms with Gasteiger partial charge in [-0.3, -0.25) is 0 Å². The van der Waals surface area contributed by atoms with Crippen molar-refractivity contribution in [2.75, 3.05) is 52.7 Å². The number of likely N-dealkylation sites (tertiary alicyclic amines) is 1. The molecule has 0 atom stereocenters. The Kier molecular flexibility index (Phi) is 6.41. The summed E-state index contributed by atoms with van der Waals surface area (Å²) in [5.41, 5.74) is 0. The minimum atomic E-state index is 0.131. The van der Waals surface area contributed by atoms with E-state index < -0.39 is 0 Å². The zero-order valence-corrected chi connectivity index (χ0v) is 11.4. The summed E-state index contributed by atoms with van der Waals surface area (Å²) in [7, 11) is 0. The lowest BCUT2D eigenvalue weighted by molar-refractivity contribution is 0.0237. The standard InChI is InChI=1S/C14H27NO3/c16-8-12-18-11-7-15-5-1-13(2-6-15)14-3-9-17-10-4-14/h13-14,16H,1-12H2. The van der Waals surface area contributed by atoms with Crippen molar-refractivity contribution in [3.8, 4) is 0 Å². The molecule has 0 radical (unpaired) electrons. The van der Waals surface area contributed by atoms with E-state index in [0.717, 1.165) is 38.2 Å².